The molecule has 0 aromatic heterocycles. The van der Waals surface area contributed by atoms with Crippen LogP contribution in [0.1, 0.15) is 5.56 Å². The molecule has 1 heterocycles. The van der Waals surface area contributed by atoms with Gasteiger partial charge in [0.25, 0.3) is 0 Å². The van der Waals surface area contributed by atoms with Crippen LogP contribution in [0.4, 0.5) is 11.4 Å². The monoisotopic (exact) mass is 409 g/mol. The fraction of sp³-hybridized carbons (Fsp3) is 0.278. The Morgan fingerprint density at radius 3 is 2.44 bits per heavy atom. The summed E-state index contributed by atoms with van der Waals surface area (Å²) >= 11 is 6.36. The highest BCUT2D eigenvalue weighted by Crippen LogP contribution is 2.34. The van der Waals surface area contributed by atoms with Crippen LogP contribution in [0.15, 0.2) is 47.4 Å². The Morgan fingerprint density at radius 1 is 1.15 bits per heavy atom. The Bertz CT molecular complexity index is 926. The number of morpholine rings is 1. The third-order valence-corrected chi connectivity index (χ3v) is 5.44. The number of sulfonamides is 1. The van der Waals surface area contributed by atoms with Gasteiger partial charge in [0.1, 0.15) is 0 Å². The molecule has 1 aliphatic heterocycles. The first-order valence-corrected chi connectivity index (χ1v) is 10.3. The number of carbonyl (C=O) groups excluding carboxylic acids is 1. The topological polar surface area (TPSA) is 102 Å². The fourth-order valence-corrected chi connectivity index (χ4v) is 3.71. The highest BCUT2D eigenvalue weighted by Gasteiger charge is 2.19. The van der Waals surface area contributed by atoms with E-state index >= 15 is 0 Å². The standard InChI is InChI=1S/C18H20ClN3O4S/c19-15-2-1-3-16(18(15)22-8-10-26-11-9-22)21-17(23)12-13-4-6-14(7-5-13)27(20,24)25/h1-7H,8-12H2,(H,21,23)(H2,20,24,25). The molecule has 0 spiro atoms. The molecule has 27 heavy (non-hydrogen) atoms. The van der Waals surface area contributed by atoms with Gasteiger partial charge in [0, 0.05) is 13.1 Å². The van der Waals surface area contributed by atoms with Gasteiger partial charge in [0.15, 0.2) is 0 Å². The van der Waals surface area contributed by atoms with Crippen LogP contribution in [0, 0.1) is 0 Å². The smallest absolute Gasteiger partial charge is 0.238 e. The van der Waals surface area contributed by atoms with E-state index in [9.17, 15) is 13.2 Å². The lowest BCUT2D eigenvalue weighted by Crippen LogP contribution is -2.37. The van der Waals surface area contributed by atoms with Gasteiger partial charge in [-0.05, 0) is 29.8 Å². The fourth-order valence-electron chi connectivity index (χ4n) is 2.90. The SMILES string of the molecule is NS(=O)(=O)c1ccc(CC(=O)Nc2cccc(Cl)c2N2CCOCC2)cc1. The van der Waals surface area contributed by atoms with Crippen LogP contribution < -0.4 is 15.4 Å². The summed E-state index contributed by atoms with van der Waals surface area (Å²) in [5.74, 6) is -0.227. The number of benzene rings is 2. The first kappa shape index (κ1) is 19.6. The zero-order chi connectivity index (χ0) is 19.4. The minimum atomic E-state index is -3.75. The molecular formula is C18H20ClN3O4S. The summed E-state index contributed by atoms with van der Waals surface area (Å²) in [6.07, 6.45) is 0.0972. The van der Waals surface area contributed by atoms with Crippen molar-refractivity contribution in [3.8, 4) is 0 Å². The molecule has 1 saturated heterocycles. The van der Waals surface area contributed by atoms with E-state index in [4.69, 9.17) is 21.5 Å². The predicted molar refractivity (Wildman–Crippen MR) is 105 cm³/mol. The third-order valence-electron chi connectivity index (χ3n) is 4.20. The minimum absolute atomic E-state index is 0.0103. The third kappa shape index (κ3) is 4.98. The number of rotatable bonds is 5. The highest BCUT2D eigenvalue weighted by molar-refractivity contribution is 7.89. The number of primary sulfonamides is 1. The van der Waals surface area contributed by atoms with E-state index in [0.29, 0.717) is 42.6 Å². The molecule has 144 valence electrons. The van der Waals surface area contributed by atoms with Gasteiger partial charge >= 0.3 is 0 Å². The Labute approximate surface area is 163 Å². The van der Waals surface area contributed by atoms with Crippen LogP contribution in [0.3, 0.4) is 0 Å². The second kappa shape index (κ2) is 8.26. The van der Waals surface area contributed by atoms with Crippen molar-refractivity contribution in [2.24, 2.45) is 5.14 Å². The maximum absolute atomic E-state index is 12.5. The Kier molecular flexibility index (Phi) is 6.01. The second-order valence-corrected chi connectivity index (χ2v) is 8.12. The summed E-state index contributed by atoms with van der Waals surface area (Å²) in [6, 6.07) is 11.3. The van der Waals surface area contributed by atoms with Crippen LogP contribution in [0.2, 0.25) is 5.02 Å². The van der Waals surface area contributed by atoms with Gasteiger partial charge in [-0.25, -0.2) is 13.6 Å². The number of nitrogens with two attached hydrogens (primary N) is 1. The summed E-state index contributed by atoms with van der Waals surface area (Å²) in [5, 5.41) is 8.53. The van der Waals surface area contributed by atoms with Crippen molar-refractivity contribution in [3.63, 3.8) is 0 Å². The number of hydrogen-bond acceptors (Lipinski definition) is 5. The van der Waals surface area contributed by atoms with E-state index in [-0.39, 0.29) is 17.2 Å². The van der Waals surface area contributed by atoms with Crippen molar-refractivity contribution in [1.82, 2.24) is 0 Å². The molecular weight excluding hydrogens is 390 g/mol. The van der Waals surface area contributed by atoms with E-state index in [1.54, 1.807) is 30.3 Å². The number of ether oxygens (including phenoxy) is 1. The molecule has 1 aliphatic rings. The number of para-hydroxylation sites is 1. The molecule has 0 aliphatic carbocycles. The molecule has 3 rings (SSSR count). The second-order valence-electron chi connectivity index (χ2n) is 6.15. The Balaban J connectivity index is 1.73. The van der Waals surface area contributed by atoms with E-state index in [2.05, 4.69) is 10.2 Å². The first-order chi connectivity index (χ1) is 12.8. The Hall–Kier alpha value is -2.13. The number of amides is 1. The van der Waals surface area contributed by atoms with Crippen LogP contribution in [0.5, 0.6) is 0 Å². The zero-order valence-electron chi connectivity index (χ0n) is 14.5. The number of nitrogens with one attached hydrogen (secondary N) is 1. The number of nitrogens with zero attached hydrogens (tertiary/aromatic N) is 1. The van der Waals surface area contributed by atoms with Gasteiger partial charge in [-0.15, -0.1) is 0 Å². The van der Waals surface area contributed by atoms with Gasteiger partial charge < -0.3 is 15.0 Å². The molecule has 2 aromatic carbocycles. The lowest BCUT2D eigenvalue weighted by Gasteiger charge is -2.31. The number of anilines is 2. The lowest BCUT2D eigenvalue weighted by atomic mass is 10.1. The van der Waals surface area contributed by atoms with E-state index in [1.807, 2.05) is 0 Å². The number of carbonyl (C=O) groups is 1. The van der Waals surface area contributed by atoms with Crippen molar-refractivity contribution in [3.05, 3.63) is 53.1 Å². The average molecular weight is 410 g/mol. The predicted octanol–water partition coefficient (Wildman–Crippen LogP) is 2.01. The van der Waals surface area contributed by atoms with Gasteiger partial charge in [0.05, 0.1) is 40.9 Å². The minimum Gasteiger partial charge on any atom is -0.378 e. The van der Waals surface area contributed by atoms with Crippen molar-refractivity contribution in [2.75, 3.05) is 36.5 Å². The van der Waals surface area contributed by atoms with Gasteiger partial charge in [-0.2, -0.15) is 0 Å². The summed E-state index contributed by atoms with van der Waals surface area (Å²) in [5.41, 5.74) is 2.09. The molecule has 0 bridgehead atoms. The molecule has 2 aromatic rings. The summed E-state index contributed by atoms with van der Waals surface area (Å²) in [7, 11) is -3.75. The maximum atomic E-state index is 12.5. The average Bonchev–Trinajstić information content (AvgIpc) is 2.62. The summed E-state index contributed by atoms with van der Waals surface area (Å²) in [4.78, 5) is 14.6. The molecule has 0 atom stereocenters. The van der Waals surface area contributed by atoms with Crippen LogP contribution >= 0.6 is 11.6 Å². The molecule has 1 fully saturated rings. The van der Waals surface area contributed by atoms with E-state index < -0.39 is 10.0 Å². The molecule has 0 saturated carbocycles. The van der Waals surface area contributed by atoms with Crippen molar-refractivity contribution >= 4 is 38.9 Å². The molecule has 3 N–H and O–H groups in total. The molecule has 9 heteroatoms. The number of hydrogen-bond donors (Lipinski definition) is 2. The summed E-state index contributed by atoms with van der Waals surface area (Å²) < 4.78 is 28.0. The van der Waals surface area contributed by atoms with Crippen LogP contribution in [0.25, 0.3) is 0 Å². The van der Waals surface area contributed by atoms with Gasteiger partial charge in [0.2, 0.25) is 15.9 Å². The van der Waals surface area contributed by atoms with Gasteiger partial charge in [-0.3, -0.25) is 4.79 Å². The molecule has 0 unspecified atom stereocenters. The van der Waals surface area contributed by atoms with Crippen LogP contribution in [-0.2, 0) is 26.0 Å². The normalized spacial score (nSPS) is 14.8. The molecule has 7 nitrogen and oxygen atoms in total. The summed E-state index contributed by atoms with van der Waals surface area (Å²) in [6.45, 7) is 2.60. The maximum Gasteiger partial charge on any atom is 0.238 e. The van der Waals surface area contributed by atoms with Gasteiger partial charge in [-0.1, -0.05) is 29.8 Å². The molecule has 1 amide bonds. The van der Waals surface area contributed by atoms with Crippen LogP contribution in [-0.4, -0.2) is 40.6 Å². The number of halogens is 1. The quantitative estimate of drug-likeness (QED) is 0.786. The molecule has 0 radical (unpaired) electrons. The zero-order valence-corrected chi connectivity index (χ0v) is 16.1. The van der Waals surface area contributed by atoms with E-state index in [1.165, 1.54) is 12.1 Å². The largest absolute Gasteiger partial charge is 0.378 e. The first-order valence-electron chi connectivity index (χ1n) is 8.37. The Morgan fingerprint density at radius 2 is 1.81 bits per heavy atom. The van der Waals surface area contributed by atoms with Crippen molar-refractivity contribution in [1.29, 1.82) is 0 Å². The lowest BCUT2D eigenvalue weighted by molar-refractivity contribution is -0.115. The van der Waals surface area contributed by atoms with Crippen molar-refractivity contribution in [2.45, 2.75) is 11.3 Å². The van der Waals surface area contributed by atoms with E-state index in [0.717, 1.165) is 5.69 Å². The van der Waals surface area contributed by atoms with Crippen molar-refractivity contribution < 1.29 is 17.9 Å². The highest BCUT2D eigenvalue weighted by atomic mass is 35.5.